The molecule has 1 aromatic carbocycles. The van der Waals surface area contributed by atoms with E-state index in [1.165, 1.54) is 10.9 Å². The summed E-state index contributed by atoms with van der Waals surface area (Å²) >= 11 is 0. The maximum Gasteiger partial charge on any atom is 0.343 e. The van der Waals surface area contributed by atoms with Crippen molar-refractivity contribution in [1.82, 2.24) is 9.78 Å². The molecule has 0 unspecified atom stereocenters. The molecule has 1 heterocycles. The highest BCUT2D eigenvalue weighted by atomic mass is 16.5. The Hall–Kier alpha value is -2.63. The van der Waals surface area contributed by atoms with Gasteiger partial charge in [0.1, 0.15) is 11.4 Å². The zero-order chi connectivity index (χ0) is 17.3. The number of ether oxygens (including phenoxy) is 1. The number of nitrogens with zero attached hydrogens (tertiary/aromatic N) is 2. The molecule has 0 bridgehead atoms. The standard InChI is InChI=1S/C18H21N3O3/c1-3-24-18(23)14-10-20-21(17(14)19)15-9-13(7-4-11(15)2)16(22)8-12-5-6-12/h4,7,9-10,12H,3,5-6,8,19H2,1-2H3. The minimum atomic E-state index is -0.500. The van der Waals surface area contributed by atoms with Gasteiger partial charge >= 0.3 is 5.97 Å². The molecule has 1 aliphatic carbocycles. The van der Waals surface area contributed by atoms with Gasteiger partial charge in [0.2, 0.25) is 0 Å². The third-order valence-electron chi connectivity index (χ3n) is 4.23. The van der Waals surface area contributed by atoms with Gasteiger partial charge in [-0.25, -0.2) is 9.48 Å². The summed E-state index contributed by atoms with van der Waals surface area (Å²) in [5.74, 6) is 0.380. The van der Waals surface area contributed by atoms with Crippen LogP contribution in [-0.4, -0.2) is 28.1 Å². The second-order valence-corrected chi connectivity index (χ2v) is 6.15. The second kappa shape index (κ2) is 6.47. The number of aryl methyl sites for hydroxylation is 1. The van der Waals surface area contributed by atoms with Crippen LogP contribution in [0.25, 0.3) is 5.69 Å². The number of benzene rings is 1. The van der Waals surface area contributed by atoms with Gasteiger partial charge in [-0.3, -0.25) is 4.79 Å². The molecule has 2 aromatic rings. The summed E-state index contributed by atoms with van der Waals surface area (Å²) in [7, 11) is 0. The zero-order valence-corrected chi connectivity index (χ0v) is 13.9. The molecule has 1 fully saturated rings. The number of hydrogen-bond acceptors (Lipinski definition) is 5. The van der Waals surface area contributed by atoms with E-state index >= 15 is 0 Å². The molecule has 2 N–H and O–H groups in total. The van der Waals surface area contributed by atoms with Crippen LogP contribution in [0, 0.1) is 12.8 Å². The summed E-state index contributed by atoms with van der Waals surface area (Å²) in [5, 5.41) is 4.20. The summed E-state index contributed by atoms with van der Waals surface area (Å²) in [6.45, 7) is 3.92. The molecule has 0 spiro atoms. The van der Waals surface area contributed by atoms with Crippen molar-refractivity contribution in [3.8, 4) is 5.69 Å². The fourth-order valence-corrected chi connectivity index (χ4v) is 2.63. The Balaban J connectivity index is 1.93. The van der Waals surface area contributed by atoms with E-state index in [0.29, 0.717) is 23.6 Å². The molecule has 0 amide bonds. The second-order valence-electron chi connectivity index (χ2n) is 6.15. The summed E-state index contributed by atoms with van der Waals surface area (Å²) in [4.78, 5) is 24.2. The van der Waals surface area contributed by atoms with Crippen LogP contribution in [0.15, 0.2) is 24.4 Å². The molecule has 0 atom stereocenters. The van der Waals surface area contributed by atoms with Crippen molar-refractivity contribution >= 4 is 17.6 Å². The number of nitrogens with two attached hydrogens (primary N) is 1. The molecule has 3 rings (SSSR count). The number of Topliss-reactive ketones (excluding diaryl/α,β-unsaturated/α-hetero) is 1. The quantitative estimate of drug-likeness (QED) is 0.651. The van der Waals surface area contributed by atoms with Crippen molar-refractivity contribution in [2.75, 3.05) is 12.3 Å². The highest BCUT2D eigenvalue weighted by Gasteiger charge is 2.25. The number of nitrogen functional groups attached to an aromatic ring is 1. The molecule has 126 valence electrons. The number of carbonyl (C=O) groups is 2. The highest BCUT2D eigenvalue weighted by Crippen LogP contribution is 2.34. The van der Waals surface area contributed by atoms with E-state index in [0.717, 1.165) is 18.4 Å². The summed E-state index contributed by atoms with van der Waals surface area (Å²) < 4.78 is 6.46. The summed E-state index contributed by atoms with van der Waals surface area (Å²) in [6.07, 6.45) is 4.26. The minimum absolute atomic E-state index is 0.134. The molecule has 0 radical (unpaired) electrons. The molecule has 0 aliphatic heterocycles. The largest absolute Gasteiger partial charge is 0.462 e. The molecule has 6 heteroatoms. The van der Waals surface area contributed by atoms with E-state index < -0.39 is 5.97 Å². The molecular formula is C18H21N3O3. The first kappa shape index (κ1) is 16.2. The lowest BCUT2D eigenvalue weighted by Gasteiger charge is -2.10. The van der Waals surface area contributed by atoms with Crippen molar-refractivity contribution in [3.63, 3.8) is 0 Å². The normalized spacial score (nSPS) is 13.8. The van der Waals surface area contributed by atoms with Crippen LogP contribution >= 0.6 is 0 Å². The van der Waals surface area contributed by atoms with Gasteiger partial charge in [-0.05, 0) is 44.2 Å². The fraction of sp³-hybridized carbons (Fsp3) is 0.389. The zero-order valence-electron chi connectivity index (χ0n) is 13.9. The van der Waals surface area contributed by atoms with Gasteiger partial charge in [-0.15, -0.1) is 0 Å². The third-order valence-corrected chi connectivity index (χ3v) is 4.23. The Labute approximate surface area is 140 Å². The summed E-state index contributed by atoms with van der Waals surface area (Å²) in [5.41, 5.74) is 8.56. The van der Waals surface area contributed by atoms with E-state index in [9.17, 15) is 9.59 Å². The van der Waals surface area contributed by atoms with Crippen molar-refractivity contribution in [3.05, 3.63) is 41.1 Å². The van der Waals surface area contributed by atoms with Crippen LogP contribution in [0.2, 0.25) is 0 Å². The van der Waals surface area contributed by atoms with E-state index in [2.05, 4.69) is 5.10 Å². The van der Waals surface area contributed by atoms with Crippen LogP contribution in [0.1, 0.15) is 52.5 Å². The van der Waals surface area contributed by atoms with Crippen LogP contribution in [0.5, 0.6) is 0 Å². The van der Waals surface area contributed by atoms with Gasteiger partial charge in [-0.2, -0.15) is 5.10 Å². The average Bonchev–Trinajstić information content (AvgIpc) is 3.28. The number of esters is 1. The van der Waals surface area contributed by atoms with Crippen LogP contribution < -0.4 is 5.73 Å². The minimum Gasteiger partial charge on any atom is -0.462 e. The predicted octanol–water partition coefficient (Wildman–Crippen LogP) is 2.92. The van der Waals surface area contributed by atoms with E-state index in [1.807, 2.05) is 19.1 Å². The van der Waals surface area contributed by atoms with Gasteiger partial charge in [0.25, 0.3) is 0 Å². The Morgan fingerprint density at radius 1 is 1.38 bits per heavy atom. The number of ketones is 1. The highest BCUT2D eigenvalue weighted by molar-refractivity contribution is 5.97. The lowest BCUT2D eigenvalue weighted by Crippen LogP contribution is -2.10. The van der Waals surface area contributed by atoms with Crippen molar-refractivity contribution < 1.29 is 14.3 Å². The van der Waals surface area contributed by atoms with Crippen molar-refractivity contribution in [2.24, 2.45) is 5.92 Å². The monoisotopic (exact) mass is 327 g/mol. The van der Waals surface area contributed by atoms with E-state index in [4.69, 9.17) is 10.5 Å². The lowest BCUT2D eigenvalue weighted by molar-refractivity contribution is 0.0527. The van der Waals surface area contributed by atoms with Crippen LogP contribution in [0.3, 0.4) is 0 Å². The predicted molar refractivity (Wildman–Crippen MR) is 90.3 cm³/mol. The summed E-state index contributed by atoms with van der Waals surface area (Å²) in [6, 6.07) is 5.49. The number of hydrogen-bond donors (Lipinski definition) is 1. The molecule has 6 nitrogen and oxygen atoms in total. The van der Waals surface area contributed by atoms with Crippen LogP contribution in [0.4, 0.5) is 5.82 Å². The first-order valence-corrected chi connectivity index (χ1v) is 8.16. The molecule has 1 aliphatic rings. The Morgan fingerprint density at radius 3 is 2.79 bits per heavy atom. The Kier molecular flexibility index (Phi) is 4.38. The SMILES string of the molecule is CCOC(=O)c1cnn(-c2cc(C(=O)CC3CC3)ccc2C)c1N. The third kappa shape index (κ3) is 3.18. The fourth-order valence-electron chi connectivity index (χ4n) is 2.63. The Bertz CT molecular complexity index is 791. The van der Waals surface area contributed by atoms with E-state index in [-0.39, 0.29) is 23.8 Å². The number of aromatic nitrogens is 2. The van der Waals surface area contributed by atoms with E-state index in [1.54, 1.807) is 13.0 Å². The van der Waals surface area contributed by atoms with Gasteiger partial charge in [-0.1, -0.05) is 12.1 Å². The topological polar surface area (TPSA) is 87.2 Å². The Morgan fingerprint density at radius 2 is 2.12 bits per heavy atom. The first-order valence-electron chi connectivity index (χ1n) is 8.16. The smallest absolute Gasteiger partial charge is 0.343 e. The maximum atomic E-state index is 12.3. The molecule has 24 heavy (non-hydrogen) atoms. The first-order chi connectivity index (χ1) is 11.5. The van der Waals surface area contributed by atoms with Gasteiger partial charge < -0.3 is 10.5 Å². The number of carbonyl (C=O) groups excluding carboxylic acids is 2. The maximum absolute atomic E-state index is 12.3. The van der Waals surface area contributed by atoms with Gasteiger partial charge in [0.15, 0.2) is 5.78 Å². The molecule has 0 saturated heterocycles. The average molecular weight is 327 g/mol. The van der Waals surface area contributed by atoms with Gasteiger partial charge in [0.05, 0.1) is 18.5 Å². The van der Waals surface area contributed by atoms with Crippen LogP contribution in [-0.2, 0) is 4.74 Å². The van der Waals surface area contributed by atoms with Crippen molar-refractivity contribution in [2.45, 2.75) is 33.1 Å². The molecular weight excluding hydrogens is 306 g/mol. The number of anilines is 1. The molecule has 1 aromatic heterocycles. The lowest BCUT2D eigenvalue weighted by atomic mass is 10.0. The van der Waals surface area contributed by atoms with Crippen molar-refractivity contribution in [1.29, 1.82) is 0 Å². The molecule has 1 saturated carbocycles. The van der Waals surface area contributed by atoms with Gasteiger partial charge in [0, 0.05) is 12.0 Å². The number of rotatable bonds is 6.